The Balaban J connectivity index is 2.15. The molecular formula is C15H15ClN2OS. The van der Waals surface area contributed by atoms with Gasteiger partial charge < -0.3 is 9.72 Å². The molecule has 1 fully saturated rings. The third kappa shape index (κ3) is 2.45. The molecule has 1 aromatic heterocycles. The monoisotopic (exact) mass is 306 g/mol. The second-order valence-electron chi connectivity index (χ2n) is 5.05. The zero-order chi connectivity index (χ0) is 14.3. The summed E-state index contributed by atoms with van der Waals surface area (Å²) in [5, 5.41) is 0.601. The lowest BCUT2D eigenvalue weighted by molar-refractivity contribution is 0.415. The van der Waals surface area contributed by atoms with Gasteiger partial charge in [0, 0.05) is 17.0 Å². The van der Waals surface area contributed by atoms with Gasteiger partial charge in [-0.1, -0.05) is 29.9 Å². The van der Waals surface area contributed by atoms with Crippen LogP contribution in [0.1, 0.15) is 30.1 Å². The number of hydrogen-bond donors (Lipinski definition) is 1. The first-order valence-corrected chi connectivity index (χ1v) is 7.33. The first-order chi connectivity index (χ1) is 9.60. The maximum Gasteiger partial charge on any atom is 0.138 e. The largest absolute Gasteiger partial charge is 0.495 e. The van der Waals surface area contributed by atoms with Crippen LogP contribution in [-0.2, 0) is 0 Å². The van der Waals surface area contributed by atoms with Crippen LogP contribution >= 0.6 is 23.8 Å². The Bertz CT molecular complexity index is 722. The van der Waals surface area contributed by atoms with Crippen molar-refractivity contribution in [3.63, 3.8) is 0 Å². The van der Waals surface area contributed by atoms with Crippen molar-refractivity contribution in [3.8, 4) is 17.0 Å². The van der Waals surface area contributed by atoms with Crippen molar-refractivity contribution in [1.82, 2.24) is 9.97 Å². The molecule has 0 radical (unpaired) electrons. The van der Waals surface area contributed by atoms with Crippen molar-refractivity contribution >= 4 is 23.8 Å². The summed E-state index contributed by atoms with van der Waals surface area (Å²) in [7, 11) is 1.61. The lowest BCUT2D eigenvalue weighted by Gasteiger charge is -2.11. The Kier molecular flexibility index (Phi) is 3.52. The van der Waals surface area contributed by atoms with E-state index in [-0.39, 0.29) is 0 Å². The summed E-state index contributed by atoms with van der Waals surface area (Å²) in [6.45, 7) is 1.99. The van der Waals surface area contributed by atoms with Crippen LogP contribution in [0.3, 0.4) is 0 Å². The van der Waals surface area contributed by atoms with Crippen LogP contribution in [0.4, 0.5) is 0 Å². The molecule has 1 aromatic carbocycles. The van der Waals surface area contributed by atoms with Gasteiger partial charge in [0.1, 0.15) is 16.2 Å². The normalized spacial score (nSPS) is 14.3. The molecule has 20 heavy (non-hydrogen) atoms. The SMILES string of the molecule is COc1cc(-c2[nH]c(C3CC3)nc(=S)c2C)ccc1Cl. The maximum absolute atomic E-state index is 6.08. The van der Waals surface area contributed by atoms with Crippen LogP contribution < -0.4 is 4.74 Å². The Morgan fingerprint density at radius 1 is 1.40 bits per heavy atom. The van der Waals surface area contributed by atoms with Gasteiger partial charge in [-0.05, 0) is 31.9 Å². The molecule has 0 spiro atoms. The molecule has 0 bridgehead atoms. The number of halogens is 1. The highest BCUT2D eigenvalue weighted by atomic mass is 35.5. The summed E-state index contributed by atoms with van der Waals surface area (Å²) in [5.41, 5.74) is 3.00. The Labute approximate surface area is 128 Å². The first-order valence-electron chi connectivity index (χ1n) is 6.55. The van der Waals surface area contributed by atoms with E-state index in [4.69, 9.17) is 28.6 Å². The summed E-state index contributed by atoms with van der Waals surface area (Å²) < 4.78 is 5.94. The van der Waals surface area contributed by atoms with Gasteiger partial charge in [0.2, 0.25) is 0 Å². The number of ether oxygens (including phenoxy) is 1. The molecule has 0 unspecified atom stereocenters. The third-order valence-corrected chi connectivity index (χ3v) is 4.28. The topological polar surface area (TPSA) is 37.9 Å². The first kappa shape index (κ1) is 13.6. The molecule has 0 aliphatic heterocycles. The quantitative estimate of drug-likeness (QED) is 0.838. The van der Waals surface area contributed by atoms with Crippen molar-refractivity contribution in [2.75, 3.05) is 7.11 Å². The number of aromatic nitrogens is 2. The van der Waals surface area contributed by atoms with Gasteiger partial charge in [0.15, 0.2) is 0 Å². The van der Waals surface area contributed by atoms with E-state index in [1.165, 1.54) is 12.8 Å². The molecular weight excluding hydrogens is 292 g/mol. The smallest absolute Gasteiger partial charge is 0.138 e. The van der Waals surface area contributed by atoms with Gasteiger partial charge in [0.25, 0.3) is 0 Å². The standard InChI is InChI=1S/C15H15ClN2OS/c1-8-13(10-5-6-11(16)12(7-10)19-2)17-14(9-3-4-9)18-15(8)20/h5-7,9H,3-4H2,1-2H3,(H,17,18,20). The highest BCUT2D eigenvalue weighted by Crippen LogP contribution is 2.39. The minimum absolute atomic E-state index is 0.533. The Morgan fingerprint density at radius 3 is 2.80 bits per heavy atom. The average Bonchev–Trinajstić information content (AvgIpc) is 3.27. The fourth-order valence-electron chi connectivity index (χ4n) is 2.20. The van der Waals surface area contributed by atoms with Gasteiger partial charge in [-0.2, -0.15) is 0 Å². The fraction of sp³-hybridized carbons (Fsp3) is 0.333. The second-order valence-corrected chi connectivity index (χ2v) is 5.84. The predicted molar refractivity (Wildman–Crippen MR) is 83.1 cm³/mol. The molecule has 1 aliphatic rings. The van der Waals surface area contributed by atoms with Crippen LogP contribution in [-0.4, -0.2) is 17.1 Å². The number of nitrogens with zero attached hydrogens (tertiary/aromatic N) is 1. The predicted octanol–water partition coefficient (Wildman–Crippen LogP) is 4.65. The Morgan fingerprint density at radius 2 is 2.15 bits per heavy atom. The number of benzene rings is 1. The van der Waals surface area contributed by atoms with Crippen molar-refractivity contribution < 1.29 is 4.74 Å². The molecule has 0 amide bonds. The molecule has 0 saturated heterocycles. The summed E-state index contributed by atoms with van der Waals surface area (Å²) in [6.07, 6.45) is 2.37. The maximum atomic E-state index is 6.08. The number of hydrogen-bond acceptors (Lipinski definition) is 3. The lowest BCUT2D eigenvalue weighted by atomic mass is 10.1. The molecule has 3 rings (SSSR count). The van der Waals surface area contributed by atoms with E-state index >= 15 is 0 Å². The molecule has 1 N–H and O–H groups in total. The Hall–Kier alpha value is -1.39. The van der Waals surface area contributed by atoms with Gasteiger partial charge in [-0.25, -0.2) is 4.98 Å². The van der Waals surface area contributed by atoms with Crippen LogP contribution in [0.15, 0.2) is 18.2 Å². The van der Waals surface area contributed by atoms with E-state index < -0.39 is 0 Å². The highest BCUT2D eigenvalue weighted by Gasteiger charge is 2.26. The van der Waals surface area contributed by atoms with Gasteiger partial charge >= 0.3 is 0 Å². The van der Waals surface area contributed by atoms with E-state index in [0.29, 0.717) is 21.3 Å². The van der Waals surface area contributed by atoms with Gasteiger partial charge in [-0.3, -0.25) is 0 Å². The van der Waals surface area contributed by atoms with E-state index in [2.05, 4.69) is 9.97 Å². The number of methoxy groups -OCH3 is 1. The van der Waals surface area contributed by atoms with Crippen LogP contribution in [0.2, 0.25) is 5.02 Å². The van der Waals surface area contributed by atoms with Gasteiger partial charge in [-0.15, -0.1) is 0 Å². The van der Waals surface area contributed by atoms with E-state index in [1.807, 2.05) is 25.1 Å². The van der Waals surface area contributed by atoms with Crippen molar-refractivity contribution in [3.05, 3.63) is 39.3 Å². The van der Waals surface area contributed by atoms with Crippen LogP contribution in [0, 0.1) is 11.6 Å². The highest BCUT2D eigenvalue weighted by molar-refractivity contribution is 7.71. The van der Waals surface area contributed by atoms with E-state index in [9.17, 15) is 0 Å². The van der Waals surface area contributed by atoms with Crippen LogP contribution in [0.25, 0.3) is 11.3 Å². The summed E-state index contributed by atoms with van der Waals surface area (Å²) >= 11 is 11.5. The average molecular weight is 307 g/mol. The molecule has 5 heteroatoms. The molecule has 1 aliphatic carbocycles. The zero-order valence-corrected chi connectivity index (χ0v) is 12.9. The summed E-state index contributed by atoms with van der Waals surface area (Å²) in [4.78, 5) is 7.91. The van der Waals surface area contributed by atoms with Crippen LogP contribution in [0.5, 0.6) is 5.75 Å². The van der Waals surface area contributed by atoms with E-state index in [0.717, 1.165) is 22.6 Å². The second kappa shape index (κ2) is 5.19. The number of aromatic amines is 1. The molecule has 1 saturated carbocycles. The van der Waals surface area contributed by atoms with Crippen molar-refractivity contribution in [2.45, 2.75) is 25.7 Å². The molecule has 3 nitrogen and oxygen atoms in total. The molecule has 0 atom stereocenters. The summed E-state index contributed by atoms with van der Waals surface area (Å²) in [5.74, 6) is 2.18. The van der Waals surface area contributed by atoms with Crippen molar-refractivity contribution in [2.24, 2.45) is 0 Å². The molecule has 2 aromatic rings. The minimum Gasteiger partial charge on any atom is -0.495 e. The number of rotatable bonds is 3. The molecule has 104 valence electrons. The lowest BCUT2D eigenvalue weighted by Crippen LogP contribution is -1.99. The third-order valence-electron chi connectivity index (χ3n) is 3.57. The van der Waals surface area contributed by atoms with Gasteiger partial charge in [0.05, 0.1) is 17.8 Å². The fourth-order valence-corrected chi connectivity index (χ4v) is 2.60. The van der Waals surface area contributed by atoms with Crippen molar-refractivity contribution in [1.29, 1.82) is 0 Å². The number of H-pyrrole nitrogens is 1. The zero-order valence-electron chi connectivity index (χ0n) is 11.4. The molecule has 1 heterocycles. The summed E-state index contributed by atoms with van der Waals surface area (Å²) in [6, 6.07) is 5.73. The number of nitrogens with one attached hydrogen (secondary N) is 1. The minimum atomic E-state index is 0.533. The van der Waals surface area contributed by atoms with E-state index in [1.54, 1.807) is 7.11 Å².